The Morgan fingerprint density at radius 2 is 1.97 bits per heavy atom. The molecular formula is C18H32IN5O4S. The van der Waals surface area contributed by atoms with E-state index in [2.05, 4.69) is 20.4 Å². The van der Waals surface area contributed by atoms with Gasteiger partial charge in [0.25, 0.3) is 0 Å². The molecule has 1 saturated carbocycles. The van der Waals surface area contributed by atoms with Crippen LogP contribution >= 0.6 is 24.0 Å². The van der Waals surface area contributed by atoms with E-state index in [4.69, 9.17) is 4.52 Å². The highest BCUT2D eigenvalue weighted by atomic mass is 127. The van der Waals surface area contributed by atoms with Crippen molar-refractivity contribution in [3.8, 4) is 0 Å². The minimum Gasteiger partial charge on any atom is -0.388 e. The molecule has 0 unspecified atom stereocenters. The SMILES string of the molecule is CCNC(=NCC1(O)CCCCC1)N1CCN(S(=O)(=O)Cc2ccon2)CC1.I. The van der Waals surface area contributed by atoms with E-state index < -0.39 is 15.6 Å². The van der Waals surface area contributed by atoms with Gasteiger partial charge >= 0.3 is 0 Å². The van der Waals surface area contributed by atoms with E-state index in [9.17, 15) is 13.5 Å². The molecule has 1 aliphatic carbocycles. The highest BCUT2D eigenvalue weighted by Gasteiger charge is 2.31. The quantitative estimate of drug-likeness (QED) is 0.318. The standard InChI is InChI=1S/C18H31N5O4S.HI/c1-2-19-17(20-15-18(24)7-4-3-5-8-18)22-9-11-23(12-10-22)28(25,26)14-16-6-13-27-21-16;/h6,13,24H,2-5,7-12,14-15H2,1H3,(H,19,20);1H. The molecule has 2 heterocycles. The van der Waals surface area contributed by atoms with Gasteiger partial charge in [-0.25, -0.2) is 8.42 Å². The van der Waals surface area contributed by atoms with Gasteiger partial charge in [-0.05, 0) is 19.8 Å². The molecule has 0 spiro atoms. The van der Waals surface area contributed by atoms with Crippen LogP contribution in [0.15, 0.2) is 21.8 Å². The first-order valence-corrected chi connectivity index (χ1v) is 11.7. The molecule has 0 bridgehead atoms. The van der Waals surface area contributed by atoms with Crippen LogP contribution < -0.4 is 5.32 Å². The van der Waals surface area contributed by atoms with Crippen LogP contribution in [-0.2, 0) is 15.8 Å². The van der Waals surface area contributed by atoms with Crippen molar-refractivity contribution >= 4 is 40.0 Å². The van der Waals surface area contributed by atoms with E-state index in [0.717, 1.165) is 38.2 Å². The van der Waals surface area contributed by atoms with Crippen LogP contribution in [0.1, 0.15) is 44.7 Å². The van der Waals surface area contributed by atoms with E-state index in [-0.39, 0.29) is 29.7 Å². The Kier molecular flexibility index (Phi) is 9.16. The number of guanidine groups is 1. The lowest BCUT2D eigenvalue weighted by molar-refractivity contribution is 0.0129. The summed E-state index contributed by atoms with van der Waals surface area (Å²) < 4.78 is 31.4. The first-order chi connectivity index (χ1) is 13.4. The van der Waals surface area contributed by atoms with Gasteiger partial charge < -0.3 is 19.8 Å². The van der Waals surface area contributed by atoms with Crippen LogP contribution in [-0.4, -0.2) is 78.7 Å². The fourth-order valence-corrected chi connectivity index (χ4v) is 5.21. The summed E-state index contributed by atoms with van der Waals surface area (Å²) in [6.07, 6.45) is 6.24. The molecule has 2 N–H and O–H groups in total. The van der Waals surface area contributed by atoms with Crippen molar-refractivity contribution < 1.29 is 18.0 Å². The number of sulfonamides is 1. The van der Waals surface area contributed by atoms with Crippen molar-refractivity contribution in [2.24, 2.45) is 4.99 Å². The largest absolute Gasteiger partial charge is 0.388 e. The molecule has 0 amide bonds. The number of aromatic nitrogens is 1. The summed E-state index contributed by atoms with van der Waals surface area (Å²) in [5, 5.41) is 17.7. The number of nitrogens with zero attached hydrogens (tertiary/aromatic N) is 4. The molecule has 1 aliphatic heterocycles. The number of hydrogen-bond donors (Lipinski definition) is 2. The van der Waals surface area contributed by atoms with Gasteiger partial charge in [0.2, 0.25) is 10.0 Å². The van der Waals surface area contributed by atoms with Crippen molar-refractivity contribution in [1.29, 1.82) is 0 Å². The Labute approximate surface area is 190 Å². The third-order valence-electron chi connectivity index (χ3n) is 5.40. The topological polar surface area (TPSA) is 111 Å². The molecule has 166 valence electrons. The predicted molar refractivity (Wildman–Crippen MR) is 122 cm³/mol. The highest BCUT2D eigenvalue weighted by molar-refractivity contribution is 14.0. The average molecular weight is 541 g/mol. The summed E-state index contributed by atoms with van der Waals surface area (Å²) in [5.74, 6) is 0.597. The van der Waals surface area contributed by atoms with Gasteiger partial charge in [0.15, 0.2) is 5.96 Å². The maximum atomic E-state index is 12.6. The molecule has 1 aromatic heterocycles. The summed E-state index contributed by atoms with van der Waals surface area (Å²) in [4.78, 5) is 6.74. The lowest BCUT2D eigenvalue weighted by Gasteiger charge is -2.36. The molecule has 11 heteroatoms. The van der Waals surface area contributed by atoms with Crippen molar-refractivity contribution in [3.05, 3.63) is 18.0 Å². The Hall–Kier alpha value is -0.920. The van der Waals surface area contributed by atoms with Gasteiger partial charge in [0.05, 0.1) is 17.8 Å². The van der Waals surface area contributed by atoms with Gasteiger partial charge in [-0.1, -0.05) is 24.4 Å². The third kappa shape index (κ3) is 6.79. The molecule has 1 aromatic rings. The molecule has 2 aliphatic rings. The van der Waals surface area contributed by atoms with E-state index in [0.29, 0.717) is 38.4 Å². The van der Waals surface area contributed by atoms with Crippen LogP contribution in [0.2, 0.25) is 0 Å². The molecule has 2 fully saturated rings. The summed E-state index contributed by atoms with van der Waals surface area (Å²) in [7, 11) is -3.42. The van der Waals surface area contributed by atoms with E-state index in [1.54, 1.807) is 6.07 Å². The van der Waals surface area contributed by atoms with Gasteiger partial charge in [0.1, 0.15) is 12.0 Å². The van der Waals surface area contributed by atoms with Crippen LogP contribution in [0.5, 0.6) is 0 Å². The predicted octanol–water partition coefficient (Wildman–Crippen LogP) is 1.40. The van der Waals surface area contributed by atoms with Gasteiger partial charge in [-0.3, -0.25) is 4.99 Å². The molecule has 0 aromatic carbocycles. The fourth-order valence-electron chi connectivity index (χ4n) is 3.78. The summed E-state index contributed by atoms with van der Waals surface area (Å²) >= 11 is 0. The number of aliphatic hydroxyl groups is 1. The van der Waals surface area contributed by atoms with Crippen molar-refractivity contribution in [2.75, 3.05) is 39.3 Å². The van der Waals surface area contributed by atoms with Crippen molar-refractivity contribution in [3.63, 3.8) is 0 Å². The van der Waals surface area contributed by atoms with Crippen LogP contribution in [0.4, 0.5) is 0 Å². The van der Waals surface area contributed by atoms with E-state index in [1.807, 2.05) is 6.92 Å². The maximum absolute atomic E-state index is 12.6. The molecular weight excluding hydrogens is 509 g/mol. The number of halogens is 1. The highest BCUT2D eigenvalue weighted by Crippen LogP contribution is 2.28. The number of piperazine rings is 1. The zero-order chi connectivity index (χ0) is 20.0. The Morgan fingerprint density at radius 3 is 2.55 bits per heavy atom. The van der Waals surface area contributed by atoms with E-state index >= 15 is 0 Å². The smallest absolute Gasteiger partial charge is 0.220 e. The first-order valence-electron chi connectivity index (χ1n) is 10.0. The lowest BCUT2D eigenvalue weighted by atomic mass is 9.85. The monoisotopic (exact) mass is 541 g/mol. The summed E-state index contributed by atoms with van der Waals surface area (Å²) in [6, 6.07) is 1.57. The molecule has 29 heavy (non-hydrogen) atoms. The first kappa shape index (κ1) is 24.4. The van der Waals surface area contributed by atoms with E-state index in [1.165, 1.54) is 17.0 Å². The van der Waals surface area contributed by atoms with Gasteiger partial charge in [-0.2, -0.15) is 4.31 Å². The minimum absolute atomic E-state index is 0. The number of nitrogens with one attached hydrogen (secondary N) is 1. The number of rotatable bonds is 6. The molecule has 3 rings (SSSR count). The number of hydrogen-bond acceptors (Lipinski definition) is 6. The second kappa shape index (κ2) is 10.9. The Balaban J connectivity index is 0.00000300. The Morgan fingerprint density at radius 1 is 1.28 bits per heavy atom. The second-order valence-electron chi connectivity index (χ2n) is 7.59. The van der Waals surface area contributed by atoms with Crippen LogP contribution in [0.3, 0.4) is 0 Å². The van der Waals surface area contributed by atoms with Crippen molar-refractivity contribution in [1.82, 2.24) is 19.7 Å². The van der Waals surface area contributed by atoms with Gasteiger partial charge in [0, 0.05) is 38.8 Å². The van der Waals surface area contributed by atoms with Crippen LogP contribution in [0.25, 0.3) is 0 Å². The zero-order valence-corrected chi connectivity index (χ0v) is 20.1. The lowest BCUT2D eigenvalue weighted by Crippen LogP contribution is -2.54. The van der Waals surface area contributed by atoms with Gasteiger partial charge in [-0.15, -0.1) is 24.0 Å². The zero-order valence-electron chi connectivity index (χ0n) is 16.9. The summed E-state index contributed by atoms with van der Waals surface area (Å²) in [5.41, 5.74) is -0.292. The molecule has 0 radical (unpaired) electrons. The minimum atomic E-state index is -3.42. The maximum Gasteiger partial charge on any atom is 0.220 e. The average Bonchev–Trinajstić information content (AvgIpc) is 3.18. The fraction of sp³-hybridized carbons (Fsp3) is 0.778. The third-order valence-corrected chi connectivity index (χ3v) is 7.21. The van der Waals surface area contributed by atoms with Crippen LogP contribution in [0, 0.1) is 0 Å². The summed E-state index contributed by atoms with van der Waals surface area (Å²) in [6.45, 7) is 5.03. The number of aliphatic imine (C=N–C) groups is 1. The molecule has 9 nitrogen and oxygen atoms in total. The van der Waals surface area contributed by atoms with Crippen molar-refractivity contribution in [2.45, 2.75) is 50.4 Å². The molecule has 1 saturated heterocycles. The second-order valence-corrected chi connectivity index (χ2v) is 9.56. The normalized spacial score (nSPS) is 20.9. The Bertz CT molecular complexity index is 742. The molecule has 0 atom stereocenters.